The number of pyridine rings is 1. The van der Waals surface area contributed by atoms with Crippen LogP contribution in [0.25, 0.3) is 0 Å². The van der Waals surface area contributed by atoms with E-state index in [0.717, 1.165) is 40.2 Å². The second-order valence-electron chi connectivity index (χ2n) is 4.75. The van der Waals surface area contributed by atoms with Gasteiger partial charge in [-0.05, 0) is 65.2 Å². The van der Waals surface area contributed by atoms with Crippen LogP contribution >= 0.6 is 15.9 Å². The van der Waals surface area contributed by atoms with Crippen molar-refractivity contribution in [3.8, 4) is 0 Å². The topological polar surface area (TPSA) is 16.1 Å². The zero-order chi connectivity index (χ0) is 15.0. The van der Waals surface area contributed by atoms with Crippen molar-refractivity contribution < 1.29 is 13.2 Å². The van der Waals surface area contributed by atoms with Crippen molar-refractivity contribution in [3.63, 3.8) is 0 Å². The lowest BCUT2D eigenvalue weighted by molar-refractivity contribution is -0.137. The highest BCUT2D eigenvalue weighted by atomic mass is 79.9. The van der Waals surface area contributed by atoms with Crippen LogP contribution in [-0.4, -0.2) is 11.5 Å². The molecule has 1 radical (unpaired) electrons. The second-order valence-corrected chi connectivity index (χ2v) is 5.56. The molecule has 0 bridgehead atoms. The Morgan fingerprint density at radius 3 is 2.43 bits per heavy atom. The molecule has 0 fully saturated rings. The maximum absolute atomic E-state index is 12.6. The molecule has 0 N–H and O–H groups in total. The van der Waals surface area contributed by atoms with Crippen LogP contribution in [0.5, 0.6) is 0 Å². The van der Waals surface area contributed by atoms with E-state index in [0.29, 0.717) is 6.54 Å². The highest BCUT2D eigenvalue weighted by Crippen LogP contribution is 2.35. The minimum atomic E-state index is -4.31. The average molecular weight is 356 g/mol. The summed E-state index contributed by atoms with van der Waals surface area (Å²) in [6, 6.07) is 8.96. The number of aromatic nitrogens is 1. The van der Waals surface area contributed by atoms with Crippen LogP contribution < -0.4 is 4.90 Å². The standard InChI is InChI=1S/C15H11BrF3N2/c16-14-8-7-13-12(20-14)2-1-9-21(13)11-5-3-10(4-6-11)15(17,18)19/h1,3-8H,2,9H2. The van der Waals surface area contributed by atoms with Gasteiger partial charge in [0, 0.05) is 12.2 Å². The number of rotatable bonds is 1. The Kier molecular flexibility index (Phi) is 3.65. The van der Waals surface area contributed by atoms with E-state index >= 15 is 0 Å². The first-order valence-corrected chi connectivity index (χ1v) is 7.16. The molecule has 0 spiro atoms. The van der Waals surface area contributed by atoms with Crippen molar-refractivity contribution >= 4 is 27.3 Å². The Morgan fingerprint density at radius 2 is 1.76 bits per heavy atom. The molecule has 0 saturated carbocycles. The van der Waals surface area contributed by atoms with Gasteiger partial charge >= 0.3 is 6.18 Å². The van der Waals surface area contributed by atoms with Crippen LogP contribution in [0.2, 0.25) is 0 Å². The molecule has 0 saturated heterocycles. The Morgan fingerprint density at radius 1 is 1.05 bits per heavy atom. The third-order valence-electron chi connectivity index (χ3n) is 3.36. The summed E-state index contributed by atoms with van der Waals surface area (Å²) in [7, 11) is 0. The predicted molar refractivity (Wildman–Crippen MR) is 78.4 cm³/mol. The van der Waals surface area contributed by atoms with Crippen LogP contribution in [-0.2, 0) is 12.6 Å². The maximum Gasteiger partial charge on any atom is 0.416 e. The zero-order valence-electron chi connectivity index (χ0n) is 10.9. The predicted octanol–water partition coefficient (Wildman–Crippen LogP) is 4.76. The lowest BCUT2D eigenvalue weighted by atomic mass is 10.1. The van der Waals surface area contributed by atoms with Crippen molar-refractivity contribution in [1.82, 2.24) is 4.98 Å². The summed E-state index contributed by atoms with van der Waals surface area (Å²) >= 11 is 3.33. The van der Waals surface area contributed by atoms with Gasteiger partial charge in [-0.3, -0.25) is 0 Å². The van der Waals surface area contributed by atoms with Crippen LogP contribution in [0.15, 0.2) is 41.0 Å². The van der Waals surface area contributed by atoms with Crippen molar-refractivity contribution in [2.75, 3.05) is 11.4 Å². The SMILES string of the molecule is FC(F)(F)c1ccc(N2C[CH]Cc3nc(Br)ccc32)cc1. The number of hydrogen-bond donors (Lipinski definition) is 0. The van der Waals surface area contributed by atoms with Gasteiger partial charge in [0.2, 0.25) is 0 Å². The van der Waals surface area contributed by atoms with Gasteiger partial charge < -0.3 is 4.90 Å². The third kappa shape index (κ3) is 2.90. The highest BCUT2D eigenvalue weighted by Gasteiger charge is 2.30. The highest BCUT2D eigenvalue weighted by molar-refractivity contribution is 9.10. The fourth-order valence-corrected chi connectivity index (χ4v) is 2.71. The first-order chi connectivity index (χ1) is 9.95. The molecular weight excluding hydrogens is 345 g/mol. The van der Waals surface area contributed by atoms with E-state index in [4.69, 9.17) is 0 Å². The van der Waals surface area contributed by atoms with E-state index in [1.807, 2.05) is 17.0 Å². The number of fused-ring (bicyclic) bond motifs is 1. The van der Waals surface area contributed by atoms with Gasteiger partial charge in [-0.15, -0.1) is 0 Å². The first-order valence-electron chi connectivity index (χ1n) is 6.37. The number of nitrogens with zero attached hydrogens (tertiary/aromatic N) is 2. The van der Waals surface area contributed by atoms with E-state index in [1.165, 1.54) is 12.1 Å². The minimum absolute atomic E-state index is 0.638. The molecule has 1 aliphatic heterocycles. The van der Waals surface area contributed by atoms with E-state index < -0.39 is 11.7 Å². The molecule has 2 aromatic rings. The summed E-state index contributed by atoms with van der Waals surface area (Å²) in [6.45, 7) is 0.654. The summed E-state index contributed by atoms with van der Waals surface area (Å²) in [5.41, 5.74) is 1.93. The van der Waals surface area contributed by atoms with Crippen LogP contribution in [0.3, 0.4) is 0 Å². The monoisotopic (exact) mass is 355 g/mol. The second kappa shape index (κ2) is 5.33. The van der Waals surface area contributed by atoms with Gasteiger partial charge in [-0.25, -0.2) is 4.98 Å². The molecule has 1 aliphatic rings. The van der Waals surface area contributed by atoms with Crippen molar-refractivity contribution in [2.24, 2.45) is 0 Å². The molecule has 0 unspecified atom stereocenters. The number of halogens is 4. The van der Waals surface area contributed by atoms with Crippen LogP contribution in [0.4, 0.5) is 24.5 Å². The number of benzene rings is 1. The fourth-order valence-electron chi connectivity index (χ4n) is 2.37. The normalized spacial score (nSPS) is 15.0. The number of alkyl halides is 3. The van der Waals surface area contributed by atoms with Crippen molar-refractivity contribution in [3.05, 3.63) is 58.7 Å². The summed E-state index contributed by atoms with van der Waals surface area (Å²) in [6.07, 6.45) is -1.50. The molecule has 3 rings (SSSR count). The largest absolute Gasteiger partial charge is 0.416 e. The molecule has 109 valence electrons. The average Bonchev–Trinajstić information content (AvgIpc) is 2.45. The number of anilines is 2. The number of hydrogen-bond acceptors (Lipinski definition) is 2. The maximum atomic E-state index is 12.6. The summed E-state index contributed by atoms with van der Waals surface area (Å²) in [4.78, 5) is 6.37. The molecular formula is C15H11BrF3N2. The van der Waals surface area contributed by atoms with Gasteiger partial charge in [0.1, 0.15) is 4.60 Å². The molecule has 6 heteroatoms. The molecule has 21 heavy (non-hydrogen) atoms. The van der Waals surface area contributed by atoms with E-state index in [2.05, 4.69) is 27.3 Å². The van der Waals surface area contributed by atoms with Gasteiger partial charge in [-0.1, -0.05) is 0 Å². The first kappa shape index (κ1) is 14.4. The molecule has 2 heterocycles. The molecule has 0 aliphatic carbocycles. The summed E-state index contributed by atoms with van der Waals surface area (Å²) in [5.74, 6) is 0. The molecule has 2 nitrogen and oxygen atoms in total. The van der Waals surface area contributed by atoms with Gasteiger partial charge in [-0.2, -0.15) is 13.2 Å². The molecule has 1 aromatic carbocycles. The molecule has 0 amide bonds. The summed E-state index contributed by atoms with van der Waals surface area (Å²) < 4.78 is 38.6. The van der Waals surface area contributed by atoms with Crippen molar-refractivity contribution in [2.45, 2.75) is 12.6 Å². The molecule has 1 aromatic heterocycles. The van der Waals surface area contributed by atoms with E-state index in [-0.39, 0.29) is 0 Å². The fraction of sp³-hybridized carbons (Fsp3) is 0.200. The van der Waals surface area contributed by atoms with Crippen molar-refractivity contribution in [1.29, 1.82) is 0 Å². The third-order valence-corrected chi connectivity index (χ3v) is 3.80. The summed E-state index contributed by atoms with van der Waals surface area (Å²) in [5, 5.41) is 0. The Balaban J connectivity index is 1.95. The van der Waals surface area contributed by atoms with Gasteiger partial charge in [0.05, 0.1) is 16.9 Å². The Hall–Kier alpha value is -1.56. The Bertz CT molecular complexity index is 653. The lowest BCUT2D eigenvalue weighted by Gasteiger charge is -2.30. The lowest BCUT2D eigenvalue weighted by Crippen LogP contribution is -2.25. The zero-order valence-corrected chi connectivity index (χ0v) is 12.4. The smallest absolute Gasteiger partial charge is 0.340 e. The van der Waals surface area contributed by atoms with Crippen LogP contribution in [0, 0.1) is 6.42 Å². The van der Waals surface area contributed by atoms with Gasteiger partial charge in [0.25, 0.3) is 0 Å². The van der Waals surface area contributed by atoms with E-state index in [1.54, 1.807) is 0 Å². The van der Waals surface area contributed by atoms with Crippen LogP contribution in [0.1, 0.15) is 11.3 Å². The Labute approximate surface area is 128 Å². The quantitative estimate of drug-likeness (QED) is 0.685. The minimum Gasteiger partial charge on any atom is -0.340 e. The molecule has 0 atom stereocenters. The van der Waals surface area contributed by atoms with Gasteiger partial charge in [0.15, 0.2) is 0 Å². The van der Waals surface area contributed by atoms with E-state index in [9.17, 15) is 13.2 Å².